The van der Waals surface area contributed by atoms with Crippen LogP contribution in [0.3, 0.4) is 0 Å². The van der Waals surface area contributed by atoms with Crippen molar-refractivity contribution < 1.29 is 4.79 Å². The number of carbonyl (C=O) groups is 1. The highest BCUT2D eigenvalue weighted by Gasteiger charge is 2.13. The average molecular weight is 170 g/mol. The van der Waals surface area contributed by atoms with Gasteiger partial charge >= 0.3 is 0 Å². The Morgan fingerprint density at radius 1 is 1.08 bits per heavy atom. The molecule has 1 aromatic carbocycles. The molecule has 0 fully saturated rings. The summed E-state index contributed by atoms with van der Waals surface area (Å²) in [6.07, 6.45) is 5.50. The lowest BCUT2D eigenvalue weighted by Gasteiger charge is -2.11. The summed E-state index contributed by atoms with van der Waals surface area (Å²) in [7, 11) is 0. The number of allylic oxidation sites excluding steroid dienone is 4. The summed E-state index contributed by atoms with van der Waals surface area (Å²) in [4.78, 5) is 11.4. The molecule has 0 spiro atoms. The van der Waals surface area contributed by atoms with Crippen LogP contribution in [-0.4, -0.2) is 5.78 Å². The molecular weight excluding hydrogens is 160 g/mol. The van der Waals surface area contributed by atoms with E-state index in [2.05, 4.69) is 0 Å². The molecule has 1 aliphatic rings. The third-order valence-corrected chi connectivity index (χ3v) is 2.23. The van der Waals surface area contributed by atoms with Crippen molar-refractivity contribution >= 4 is 11.4 Å². The van der Waals surface area contributed by atoms with Gasteiger partial charge in [-0.05, 0) is 24.1 Å². The van der Waals surface area contributed by atoms with E-state index in [1.54, 1.807) is 6.08 Å². The Kier molecular flexibility index (Phi) is 1.85. The molecule has 1 aromatic rings. The highest BCUT2D eigenvalue weighted by Crippen LogP contribution is 2.25. The van der Waals surface area contributed by atoms with Gasteiger partial charge in [-0.3, -0.25) is 4.79 Å². The monoisotopic (exact) mass is 170 g/mol. The van der Waals surface area contributed by atoms with Crippen LogP contribution in [-0.2, 0) is 0 Å². The summed E-state index contributed by atoms with van der Waals surface area (Å²) in [5.41, 5.74) is 2.96. The first-order chi connectivity index (χ1) is 6.33. The molecule has 0 atom stereocenters. The molecular formula is C12H10O. The fraction of sp³-hybridized carbons (Fsp3) is 0.0833. The van der Waals surface area contributed by atoms with Crippen molar-refractivity contribution in [3.8, 4) is 0 Å². The van der Waals surface area contributed by atoms with Crippen molar-refractivity contribution in [2.24, 2.45) is 0 Å². The highest BCUT2D eigenvalue weighted by molar-refractivity contribution is 6.12. The second kappa shape index (κ2) is 3.02. The van der Waals surface area contributed by atoms with Crippen molar-refractivity contribution in [3.05, 3.63) is 53.6 Å². The first kappa shape index (κ1) is 7.99. The number of hydrogen-bond donors (Lipinski definition) is 0. The van der Waals surface area contributed by atoms with Crippen LogP contribution in [0.15, 0.2) is 42.5 Å². The maximum atomic E-state index is 11.4. The highest BCUT2D eigenvalue weighted by atomic mass is 16.1. The van der Waals surface area contributed by atoms with Crippen molar-refractivity contribution in [2.45, 2.75) is 6.92 Å². The van der Waals surface area contributed by atoms with Gasteiger partial charge in [0.05, 0.1) is 0 Å². The lowest BCUT2D eigenvalue weighted by Crippen LogP contribution is -2.03. The van der Waals surface area contributed by atoms with Crippen LogP contribution in [0.25, 0.3) is 5.57 Å². The van der Waals surface area contributed by atoms with Crippen LogP contribution in [0.2, 0.25) is 0 Å². The minimum absolute atomic E-state index is 0.0983. The lowest BCUT2D eigenvalue weighted by atomic mass is 9.92. The smallest absolute Gasteiger partial charge is 0.186 e. The van der Waals surface area contributed by atoms with Crippen LogP contribution >= 0.6 is 0 Å². The quantitative estimate of drug-likeness (QED) is 0.585. The average Bonchev–Trinajstić information content (AvgIpc) is 2.19. The van der Waals surface area contributed by atoms with E-state index >= 15 is 0 Å². The molecule has 1 nitrogen and oxygen atoms in total. The van der Waals surface area contributed by atoms with Gasteiger partial charge in [0.15, 0.2) is 5.78 Å². The molecule has 1 heteroatoms. The molecule has 1 aliphatic carbocycles. The van der Waals surface area contributed by atoms with E-state index in [1.807, 2.05) is 43.3 Å². The number of carbonyl (C=O) groups excluding carboxylic acids is 1. The summed E-state index contributed by atoms with van der Waals surface area (Å²) in [5.74, 6) is 0.0983. The predicted molar refractivity (Wildman–Crippen MR) is 53.6 cm³/mol. The number of hydrogen-bond acceptors (Lipinski definition) is 1. The SMILES string of the molecule is CC=C1C=CC(=O)c2ccccc21. The van der Waals surface area contributed by atoms with E-state index in [-0.39, 0.29) is 5.78 Å². The fourth-order valence-electron chi connectivity index (χ4n) is 1.55. The zero-order valence-corrected chi connectivity index (χ0v) is 7.45. The van der Waals surface area contributed by atoms with Gasteiger partial charge in [-0.25, -0.2) is 0 Å². The van der Waals surface area contributed by atoms with Gasteiger partial charge in [0.25, 0.3) is 0 Å². The topological polar surface area (TPSA) is 17.1 Å². The summed E-state index contributed by atoms with van der Waals surface area (Å²) in [6, 6.07) is 7.69. The second-order valence-corrected chi connectivity index (χ2v) is 2.99. The van der Waals surface area contributed by atoms with E-state index in [4.69, 9.17) is 0 Å². The normalized spacial score (nSPS) is 17.6. The standard InChI is InChI=1S/C12H10O/c1-2-9-7-8-12(13)11-6-4-3-5-10(9)11/h2-8H,1H3. The summed E-state index contributed by atoms with van der Waals surface area (Å²) < 4.78 is 0. The first-order valence-corrected chi connectivity index (χ1v) is 4.31. The summed E-state index contributed by atoms with van der Waals surface area (Å²) in [5, 5.41) is 0. The van der Waals surface area contributed by atoms with Crippen LogP contribution in [0.1, 0.15) is 22.8 Å². The van der Waals surface area contributed by atoms with E-state index in [1.165, 1.54) is 0 Å². The molecule has 0 N–H and O–H groups in total. The van der Waals surface area contributed by atoms with Crippen LogP contribution in [0.4, 0.5) is 0 Å². The molecule has 0 saturated heterocycles. The Balaban J connectivity index is 2.68. The van der Waals surface area contributed by atoms with Crippen LogP contribution < -0.4 is 0 Å². The van der Waals surface area contributed by atoms with Crippen molar-refractivity contribution in [2.75, 3.05) is 0 Å². The third-order valence-electron chi connectivity index (χ3n) is 2.23. The Morgan fingerprint density at radius 2 is 1.77 bits per heavy atom. The minimum atomic E-state index is 0.0983. The van der Waals surface area contributed by atoms with Gasteiger partial charge in [0.2, 0.25) is 0 Å². The molecule has 13 heavy (non-hydrogen) atoms. The molecule has 0 radical (unpaired) electrons. The molecule has 0 aliphatic heterocycles. The molecule has 0 saturated carbocycles. The van der Waals surface area contributed by atoms with E-state index in [9.17, 15) is 4.79 Å². The molecule has 0 bridgehead atoms. The van der Waals surface area contributed by atoms with E-state index < -0.39 is 0 Å². The largest absolute Gasteiger partial charge is 0.289 e. The second-order valence-electron chi connectivity index (χ2n) is 2.99. The van der Waals surface area contributed by atoms with Gasteiger partial charge in [0, 0.05) is 5.56 Å². The molecule has 0 aromatic heterocycles. The Labute approximate surface area is 77.4 Å². The van der Waals surface area contributed by atoms with Crippen LogP contribution in [0, 0.1) is 0 Å². The number of ketones is 1. The summed E-state index contributed by atoms with van der Waals surface area (Å²) >= 11 is 0. The van der Waals surface area contributed by atoms with Gasteiger partial charge in [-0.2, -0.15) is 0 Å². The molecule has 0 heterocycles. The Morgan fingerprint density at radius 3 is 2.46 bits per heavy atom. The van der Waals surface area contributed by atoms with Crippen molar-refractivity contribution in [1.29, 1.82) is 0 Å². The number of benzene rings is 1. The minimum Gasteiger partial charge on any atom is -0.289 e. The fourth-order valence-corrected chi connectivity index (χ4v) is 1.55. The Hall–Kier alpha value is -1.63. The lowest BCUT2D eigenvalue weighted by molar-refractivity contribution is 0.104. The van der Waals surface area contributed by atoms with Crippen molar-refractivity contribution in [3.63, 3.8) is 0 Å². The maximum absolute atomic E-state index is 11.4. The maximum Gasteiger partial charge on any atom is 0.186 e. The number of rotatable bonds is 0. The van der Waals surface area contributed by atoms with Gasteiger partial charge in [-0.1, -0.05) is 36.4 Å². The molecule has 0 unspecified atom stereocenters. The van der Waals surface area contributed by atoms with E-state index in [0.717, 1.165) is 16.7 Å². The van der Waals surface area contributed by atoms with Gasteiger partial charge < -0.3 is 0 Å². The predicted octanol–water partition coefficient (Wildman–Crippen LogP) is 2.84. The molecule has 0 amide bonds. The first-order valence-electron chi connectivity index (χ1n) is 4.31. The van der Waals surface area contributed by atoms with Gasteiger partial charge in [-0.15, -0.1) is 0 Å². The third kappa shape index (κ3) is 1.22. The Bertz CT molecular complexity index is 411. The zero-order valence-electron chi connectivity index (χ0n) is 7.45. The number of fused-ring (bicyclic) bond motifs is 1. The van der Waals surface area contributed by atoms with Gasteiger partial charge in [0.1, 0.15) is 0 Å². The molecule has 64 valence electrons. The molecule has 2 rings (SSSR count). The van der Waals surface area contributed by atoms with Crippen LogP contribution in [0.5, 0.6) is 0 Å². The van der Waals surface area contributed by atoms with Crippen molar-refractivity contribution in [1.82, 2.24) is 0 Å². The summed E-state index contributed by atoms with van der Waals surface area (Å²) in [6.45, 7) is 1.98. The van der Waals surface area contributed by atoms with E-state index in [0.29, 0.717) is 0 Å². The zero-order chi connectivity index (χ0) is 9.26.